The number of hydrogen-bond acceptors (Lipinski definition) is 8. The monoisotopic (exact) mass is 455 g/mol. The molecule has 7 nitrogen and oxygen atoms in total. The second kappa shape index (κ2) is 7.71. The Bertz CT molecular complexity index is 1090. The number of aromatic nitrogens is 4. The van der Waals surface area contributed by atoms with Gasteiger partial charge in [-0.3, -0.25) is 0 Å². The predicted octanol–water partition coefficient (Wildman–Crippen LogP) is 3.67. The lowest BCUT2D eigenvalue weighted by atomic mass is 9.88. The Kier molecular flexibility index (Phi) is 5.37. The molecule has 1 aliphatic heterocycles. The van der Waals surface area contributed by atoms with E-state index in [1.807, 2.05) is 0 Å². The van der Waals surface area contributed by atoms with Crippen molar-refractivity contribution in [3.05, 3.63) is 35.6 Å². The molecular weight excluding hydrogens is 439 g/mol. The molecule has 0 saturated carbocycles. The molecule has 1 aliphatic rings. The molecule has 0 spiro atoms. The SMILES string of the molecule is Nc1nccc(Sc2ccc3nc(N4CCC(N)(C(F)(F)F)CC4)cnc3n2)c1Cl. The quantitative estimate of drug-likeness (QED) is 0.616. The second-order valence-corrected chi connectivity index (χ2v) is 8.41. The van der Waals surface area contributed by atoms with Crippen LogP contribution in [0.1, 0.15) is 12.8 Å². The molecule has 1 saturated heterocycles. The van der Waals surface area contributed by atoms with Gasteiger partial charge >= 0.3 is 6.18 Å². The molecule has 4 heterocycles. The lowest BCUT2D eigenvalue weighted by molar-refractivity contribution is -0.191. The van der Waals surface area contributed by atoms with E-state index in [0.717, 1.165) is 0 Å². The van der Waals surface area contributed by atoms with Crippen molar-refractivity contribution in [3.63, 3.8) is 0 Å². The fourth-order valence-corrected chi connectivity index (χ4v) is 4.18. The van der Waals surface area contributed by atoms with Gasteiger partial charge in [0.15, 0.2) is 5.65 Å². The number of nitrogens with two attached hydrogens (primary N) is 2. The minimum atomic E-state index is -4.42. The summed E-state index contributed by atoms with van der Waals surface area (Å²) in [6, 6.07) is 5.26. The smallest absolute Gasteiger partial charge is 0.382 e. The third kappa shape index (κ3) is 3.96. The van der Waals surface area contributed by atoms with Gasteiger partial charge in [0.05, 0.1) is 11.2 Å². The minimum absolute atomic E-state index is 0.152. The van der Waals surface area contributed by atoms with Gasteiger partial charge in [-0.25, -0.2) is 19.9 Å². The normalized spacial score (nSPS) is 16.8. The van der Waals surface area contributed by atoms with E-state index in [2.05, 4.69) is 19.9 Å². The van der Waals surface area contributed by atoms with Crippen LogP contribution in [0.25, 0.3) is 11.2 Å². The molecule has 0 atom stereocenters. The first-order valence-corrected chi connectivity index (χ1v) is 10.2. The van der Waals surface area contributed by atoms with Crippen LogP contribution in [0.15, 0.2) is 40.5 Å². The number of nitrogen functional groups attached to an aromatic ring is 1. The van der Waals surface area contributed by atoms with E-state index in [1.54, 1.807) is 29.3 Å². The molecule has 0 radical (unpaired) electrons. The van der Waals surface area contributed by atoms with Crippen LogP contribution in [0.2, 0.25) is 5.02 Å². The number of hydrogen-bond donors (Lipinski definition) is 2. The summed E-state index contributed by atoms with van der Waals surface area (Å²) in [5.74, 6) is 0.735. The van der Waals surface area contributed by atoms with Crippen LogP contribution in [0.3, 0.4) is 0 Å². The van der Waals surface area contributed by atoms with Crippen molar-refractivity contribution < 1.29 is 13.2 Å². The average molecular weight is 456 g/mol. The van der Waals surface area contributed by atoms with Crippen molar-refractivity contribution in [1.82, 2.24) is 19.9 Å². The Morgan fingerprint density at radius 1 is 1.10 bits per heavy atom. The number of fused-ring (bicyclic) bond motifs is 1. The highest BCUT2D eigenvalue weighted by molar-refractivity contribution is 7.99. The van der Waals surface area contributed by atoms with Gasteiger partial charge in [0.2, 0.25) is 0 Å². The Balaban J connectivity index is 1.52. The Labute approximate surface area is 179 Å². The maximum absolute atomic E-state index is 13.1. The van der Waals surface area contributed by atoms with Crippen LogP contribution < -0.4 is 16.4 Å². The molecule has 0 aliphatic carbocycles. The fourth-order valence-electron chi connectivity index (χ4n) is 3.14. The fraction of sp³-hybridized carbons (Fsp3) is 0.333. The molecule has 3 aromatic rings. The van der Waals surface area contributed by atoms with Gasteiger partial charge in [-0.15, -0.1) is 0 Å². The summed E-state index contributed by atoms with van der Waals surface area (Å²) in [4.78, 5) is 19.7. The van der Waals surface area contributed by atoms with Gasteiger partial charge in [0, 0.05) is 24.2 Å². The molecule has 12 heteroatoms. The summed E-state index contributed by atoms with van der Waals surface area (Å²) in [5, 5.41) is 0.999. The molecular formula is C18H17ClF3N7S. The number of piperidine rings is 1. The number of rotatable bonds is 3. The van der Waals surface area contributed by atoms with Crippen molar-refractivity contribution in [1.29, 1.82) is 0 Å². The van der Waals surface area contributed by atoms with Crippen molar-refractivity contribution in [2.24, 2.45) is 5.73 Å². The predicted molar refractivity (Wildman–Crippen MR) is 110 cm³/mol. The summed E-state index contributed by atoms with van der Waals surface area (Å²) in [7, 11) is 0. The van der Waals surface area contributed by atoms with Gasteiger partial charge in [-0.2, -0.15) is 13.2 Å². The Hall–Kier alpha value is -2.37. The van der Waals surface area contributed by atoms with E-state index in [9.17, 15) is 13.2 Å². The number of nitrogens with zero attached hydrogens (tertiary/aromatic N) is 5. The number of pyridine rings is 2. The molecule has 30 heavy (non-hydrogen) atoms. The molecule has 0 aromatic carbocycles. The summed E-state index contributed by atoms with van der Waals surface area (Å²) in [6.07, 6.45) is -1.74. The standard InChI is InChI=1S/C18H17ClF3N7S/c19-14-11(3-6-25-15(14)23)30-13-2-1-10-16(28-13)26-9-12(27-10)29-7-4-17(24,5-8-29)18(20,21)22/h1-3,6,9H,4-5,7-8,24H2,(H2,23,25). The van der Waals surface area contributed by atoms with Crippen LogP contribution in [-0.4, -0.2) is 44.7 Å². The first kappa shape index (κ1) is 20.9. The summed E-state index contributed by atoms with van der Waals surface area (Å²) < 4.78 is 39.3. The minimum Gasteiger partial charge on any atom is -0.382 e. The highest BCUT2D eigenvalue weighted by Crippen LogP contribution is 2.37. The number of halogens is 4. The molecule has 4 rings (SSSR count). The summed E-state index contributed by atoms with van der Waals surface area (Å²) in [5.41, 5.74) is 10.1. The van der Waals surface area contributed by atoms with E-state index >= 15 is 0 Å². The molecule has 3 aromatic heterocycles. The lowest BCUT2D eigenvalue weighted by Gasteiger charge is -2.40. The van der Waals surface area contributed by atoms with Crippen molar-refractivity contribution in [2.45, 2.75) is 34.5 Å². The third-order valence-corrected chi connectivity index (χ3v) is 6.51. The van der Waals surface area contributed by atoms with E-state index in [0.29, 0.717) is 31.9 Å². The van der Waals surface area contributed by atoms with Gasteiger partial charge in [-0.1, -0.05) is 23.4 Å². The second-order valence-electron chi connectivity index (χ2n) is 6.97. The van der Waals surface area contributed by atoms with Gasteiger partial charge in [0.25, 0.3) is 0 Å². The number of anilines is 2. The van der Waals surface area contributed by atoms with E-state index < -0.39 is 11.7 Å². The topological polar surface area (TPSA) is 107 Å². The average Bonchev–Trinajstić information content (AvgIpc) is 2.71. The maximum Gasteiger partial charge on any atom is 0.406 e. The summed E-state index contributed by atoms with van der Waals surface area (Å²) >= 11 is 7.48. The Morgan fingerprint density at radius 3 is 2.53 bits per heavy atom. The van der Waals surface area contributed by atoms with Gasteiger partial charge in [-0.05, 0) is 31.0 Å². The van der Waals surface area contributed by atoms with E-state index in [-0.39, 0.29) is 31.7 Å². The molecule has 1 fully saturated rings. The molecule has 158 valence electrons. The highest BCUT2D eigenvalue weighted by Gasteiger charge is 2.53. The highest BCUT2D eigenvalue weighted by atomic mass is 35.5. The maximum atomic E-state index is 13.1. The van der Waals surface area contributed by atoms with E-state index in [4.69, 9.17) is 23.1 Å². The zero-order chi connectivity index (χ0) is 21.5. The zero-order valence-corrected chi connectivity index (χ0v) is 17.1. The van der Waals surface area contributed by atoms with Crippen molar-refractivity contribution in [2.75, 3.05) is 23.7 Å². The van der Waals surface area contributed by atoms with E-state index in [1.165, 1.54) is 18.0 Å². The third-order valence-electron chi connectivity index (χ3n) is 5.01. The molecule has 0 bridgehead atoms. The Morgan fingerprint density at radius 2 is 1.83 bits per heavy atom. The molecule has 0 unspecified atom stereocenters. The van der Waals surface area contributed by atoms with Crippen LogP contribution in [0.5, 0.6) is 0 Å². The molecule has 0 amide bonds. The zero-order valence-electron chi connectivity index (χ0n) is 15.5. The first-order valence-electron chi connectivity index (χ1n) is 8.98. The first-order chi connectivity index (χ1) is 14.2. The van der Waals surface area contributed by atoms with Gasteiger partial charge in [0.1, 0.15) is 27.7 Å². The van der Waals surface area contributed by atoms with Crippen molar-refractivity contribution in [3.8, 4) is 0 Å². The summed E-state index contributed by atoms with van der Waals surface area (Å²) in [6.45, 7) is 0.305. The molecule has 4 N–H and O–H groups in total. The largest absolute Gasteiger partial charge is 0.406 e. The van der Waals surface area contributed by atoms with Crippen molar-refractivity contribution >= 4 is 46.2 Å². The number of alkyl halides is 3. The van der Waals surface area contributed by atoms with Crippen LogP contribution >= 0.6 is 23.4 Å². The van der Waals surface area contributed by atoms with Crippen LogP contribution in [0.4, 0.5) is 24.8 Å². The lowest BCUT2D eigenvalue weighted by Crippen LogP contribution is -2.59. The van der Waals surface area contributed by atoms with Crippen LogP contribution in [-0.2, 0) is 0 Å². The van der Waals surface area contributed by atoms with Crippen LogP contribution in [0, 0.1) is 0 Å². The van der Waals surface area contributed by atoms with Gasteiger partial charge < -0.3 is 16.4 Å².